The molecule has 1 heterocycles. The molecule has 0 aliphatic carbocycles. The average molecular weight is 254 g/mol. The topological polar surface area (TPSA) is 28.8 Å². The third-order valence-electron chi connectivity index (χ3n) is 3.22. The van der Waals surface area contributed by atoms with Gasteiger partial charge in [-0.15, -0.1) is 11.3 Å². The highest BCUT2D eigenvalue weighted by Crippen LogP contribution is 2.19. The fourth-order valence-electron chi connectivity index (χ4n) is 2.23. The number of nitrogens with zero attached hydrogens (tertiary/aromatic N) is 1. The lowest BCUT2D eigenvalue weighted by atomic mass is 10.0. The van der Waals surface area contributed by atoms with Crippen LogP contribution < -0.4 is 4.80 Å². The van der Waals surface area contributed by atoms with E-state index in [1.54, 1.807) is 0 Å². The van der Waals surface area contributed by atoms with Gasteiger partial charge in [-0.05, 0) is 23.3 Å². The lowest BCUT2D eigenvalue weighted by Crippen LogP contribution is -2.15. The van der Waals surface area contributed by atoms with Crippen molar-refractivity contribution in [1.82, 2.24) is 4.57 Å². The first-order valence-corrected chi connectivity index (χ1v) is 6.80. The highest BCUT2D eigenvalue weighted by atomic mass is 32.1. The van der Waals surface area contributed by atoms with Crippen LogP contribution in [0.2, 0.25) is 0 Å². The van der Waals surface area contributed by atoms with Gasteiger partial charge in [-0.3, -0.25) is 5.41 Å². The maximum atomic E-state index is 7.93. The molecule has 3 heteroatoms. The van der Waals surface area contributed by atoms with E-state index in [9.17, 15) is 0 Å². The van der Waals surface area contributed by atoms with Crippen LogP contribution in [0.4, 0.5) is 0 Å². The van der Waals surface area contributed by atoms with Crippen molar-refractivity contribution in [3.63, 3.8) is 0 Å². The molecule has 0 saturated heterocycles. The Morgan fingerprint density at radius 3 is 2.67 bits per heavy atom. The monoisotopic (exact) mass is 254 g/mol. The van der Waals surface area contributed by atoms with E-state index in [-0.39, 0.29) is 0 Å². The highest BCUT2D eigenvalue weighted by Gasteiger charge is 2.04. The molecule has 0 fully saturated rings. The van der Waals surface area contributed by atoms with Crippen LogP contribution in [0.1, 0.15) is 11.3 Å². The molecule has 0 spiro atoms. The maximum Gasteiger partial charge on any atom is 0.182 e. The number of fused-ring (bicyclic) bond motifs is 1. The van der Waals surface area contributed by atoms with Crippen LogP contribution in [-0.4, -0.2) is 4.57 Å². The molecule has 0 amide bonds. The molecular weight excluding hydrogens is 240 g/mol. The van der Waals surface area contributed by atoms with E-state index in [0.29, 0.717) is 4.80 Å². The second-order valence-electron chi connectivity index (χ2n) is 4.41. The van der Waals surface area contributed by atoms with Crippen molar-refractivity contribution in [3.8, 4) is 0 Å². The van der Waals surface area contributed by atoms with Crippen LogP contribution in [0.3, 0.4) is 0 Å². The van der Waals surface area contributed by atoms with Gasteiger partial charge in [0.1, 0.15) is 0 Å². The molecule has 3 rings (SSSR count). The van der Waals surface area contributed by atoms with E-state index >= 15 is 0 Å². The van der Waals surface area contributed by atoms with Crippen LogP contribution in [0, 0.1) is 12.3 Å². The Morgan fingerprint density at radius 2 is 1.89 bits per heavy atom. The Morgan fingerprint density at radius 1 is 1.11 bits per heavy atom. The van der Waals surface area contributed by atoms with E-state index in [4.69, 9.17) is 5.41 Å². The molecule has 3 aromatic rings. The normalized spacial score (nSPS) is 10.9. The summed E-state index contributed by atoms with van der Waals surface area (Å²) in [4.78, 5) is 0.612. The van der Waals surface area contributed by atoms with Gasteiger partial charge in [-0.25, -0.2) is 0 Å². The van der Waals surface area contributed by atoms with Gasteiger partial charge in [0.05, 0.1) is 6.54 Å². The zero-order valence-corrected chi connectivity index (χ0v) is 11.0. The van der Waals surface area contributed by atoms with Crippen molar-refractivity contribution in [3.05, 3.63) is 63.9 Å². The Kier molecular flexibility index (Phi) is 2.76. The van der Waals surface area contributed by atoms with Crippen LogP contribution in [0.15, 0.2) is 47.8 Å². The first kappa shape index (κ1) is 11.2. The predicted molar refractivity (Wildman–Crippen MR) is 76.0 cm³/mol. The number of nitrogens with one attached hydrogen (secondary N) is 1. The van der Waals surface area contributed by atoms with Gasteiger partial charge in [0.15, 0.2) is 4.80 Å². The minimum absolute atomic E-state index is 0.612. The molecular formula is C15H14N2S. The van der Waals surface area contributed by atoms with E-state index in [1.165, 1.54) is 27.7 Å². The molecule has 0 atom stereocenters. The summed E-state index contributed by atoms with van der Waals surface area (Å²) in [6.45, 7) is 2.83. The maximum absolute atomic E-state index is 7.93. The smallest absolute Gasteiger partial charge is 0.182 e. The second kappa shape index (κ2) is 4.42. The molecule has 2 aromatic carbocycles. The Balaban J connectivity index is 2.13. The molecule has 0 bridgehead atoms. The summed E-state index contributed by atoms with van der Waals surface area (Å²) in [5.41, 5.74) is 2.42. The minimum Gasteiger partial charge on any atom is -0.317 e. The molecule has 2 nitrogen and oxygen atoms in total. The van der Waals surface area contributed by atoms with Crippen LogP contribution in [0.5, 0.6) is 0 Å². The van der Waals surface area contributed by atoms with Gasteiger partial charge in [-0.2, -0.15) is 0 Å². The van der Waals surface area contributed by atoms with Gasteiger partial charge in [0.2, 0.25) is 0 Å². The highest BCUT2D eigenvalue weighted by molar-refractivity contribution is 7.07. The summed E-state index contributed by atoms with van der Waals surface area (Å²) in [6.07, 6.45) is 0. The summed E-state index contributed by atoms with van der Waals surface area (Å²) in [5, 5.41) is 12.5. The lowest BCUT2D eigenvalue weighted by molar-refractivity contribution is 0.737. The molecule has 90 valence electrons. The SMILES string of the molecule is Cc1csc(=N)n1Cc1cccc2ccccc12. The fraction of sp³-hybridized carbons (Fsp3) is 0.133. The third kappa shape index (κ3) is 1.87. The first-order chi connectivity index (χ1) is 8.75. The van der Waals surface area contributed by atoms with Crippen LogP contribution >= 0.6 is 11.3 Å². The number of aryl methyl sites for hydroxylation is 1. The summed E-state index contributed by atoms with van der Waals surface area (Å²) in [7, 11) is 0. The van der Waals surface area contributed by atoms with Crippen LogP contribution in [-0.2, 0) is 6.54 Å². The van der Waals surface area contributed by atoms with Gasteiger partial charge in [-0.1, -0.05) is 42.5 Å². The molecule has 0 unspecified atom stereocenters. The quantitative estimate of drug-likeness (QED) is 0.725. The zero-order valence-electron chi connectivity index (χ0n) is 10.2. The molecule has 1 aromatic heterocycles. The van der Waals surface area contributed by atoms with Crippen molar-refractivity contribution in [2.75, 3.05) is 0 Å². The molecule has 0 saturated carbocycles. The fourth-order valence-corrected chi connectivity index (χ4v) is 2.97. The van der Waals surface area contributed by atoms with Crippen molar-refractivity contribution >= 4 is 22.1 Å². The molecule has 0 aliphatic heterocycles. The van der Waals surface area contributed by atoms with Crippen LogP contribution in [0.25, 0.3) is 10.8 Å². The number of hydrogen-bond donors (Lipinski definition) is 1. The number of rotatable bonds is 2. The summed E-state index contributed by atoms with van der Waals surface area (Å²) >= 11 is 1.49. The number of thiazole rings is 1. The van der Waals surface area contributed by atoms with Crippen molar-refractivity contribution in [2.24, 2.45) is 0 Å². The number of benzene rings is 2. The molecule has 1 N–H and O–H groups in total. The van der Waals surface area contributed by atoms with E-state index < -0.39 is 0 Å². The Bertz CT molecular complexity index is 747. The molecule has 18 heavy (non-hydrogen) atoms. The first-order valence-electron chi connectivity index (χ1n) is 5.92. The largest absolute Gasteiger partial charge is 0.317 e. The molecule has 0 radical (unpaired) electrons. The molecule has 0 aliphatic rings. The third-order valence-corrected chi connectivity index (χ3v) is 4.12. The van der Waals surface area contributed by atoms with Crippen molar-refractivity contribution < 1.29 is 0 Å². The predicted octanol–water partition coefficient (Wildman–Crippen LogP) is 3.54. The van der Waals surface area contributed by atoms with Crippen molar-refractivity contribution in [2.45, 2.75) is 13.5 Å². The lowest BCUT2D eigenvalue weighted by Gasteiger charge is -2.09. The van der Waals surface area contributed by atoms with Gasteiger partial charge < -0.3 is 4.57 Å². The van der Waals surface area contributed by atoms with E-state index in [0.717, 1.165) is 12.2 Å². The van der Waals surface area contributed by atoms with Gasteiger partial charge in [0.25, 0.3) is 0 Å². The van der Waals surface area contributed by atoms with Gasteiger partial charge in [0, 0.05) is 11.1 Å². The Labute approximate surface area is 110 Å². The summed E-state index contributed by atoms with van der Waals surface area (Å²) in [5.74, 6) is 0. The minimum atomic E-state index is 0.612. The van der Waals surface area contributed by atoms with E-state index in [1.807, 2.05) is 9.95 Å². The number of aromatic nitrogens is 1. The van der Waals surface area contributed by atoms with Crippen molar-refractivity contribution in [1.29, 1.82) is 5.41 Å². The average Bonchev–Trinajstić information content (AvgIpc) is 2.71. The van der Waals surface area contributed by atoms with Gasteiger partial charge >= 0.3 is 0 Å². The zero-order chi connectivity index (χ0) is 12.5. The standard InChI is InChI=1S/C15H14N2S/c1-11-10-18-15(16)17(11)9-13-7-4-6-12-5-2-3-8-14(12)13/h2-8,10,16H,9H2,1H3. The Hall–Kier alpha value is -1.87. The van der Waals surface area contributed by atoms with E-state index in [2.05, 4.69) is 49.4 Å². The second-order valence-corrected chi connectivity index (χ2v) is 5.26. The summed E-state index contributed by atoms with van der Waals surface area (Å²) in [6, 6.07) is 14.8. The number of hydrogen-bond acceptors (Lipinski definition) is 2. The summed E-state index contributed by atoms with van der Waals surface area (Å²) < 4.78 is 2.05.